The van der Waals surface area contributed by atoms with Gasteiger partial charge in [-0.3, -0.25) is 9.59 Å². The van der Waals surface area contributed by atoms with Gasteiger partial charge in [-0.05, 0) is 38.5 Å². The van der Waals surface area contributed by atoms with Crippen molar-refractivity contribution in [1.29, 1.82) is 0 Å². The zero-order valence-corrected chi connectivity index (χ0v) is 38.0. The van der Waals surface area contributed by atoms with Gasteiger partial charge in [-0.25, -0.2) is 0 Å². The molecule has 4 N–H and O–H groups in total. The second-order valence-corrected chi connectivity index (χ2v) is 17.3. The Hall–Kier alpha value is -1.56. The van der Waals surface area contributed by atoms with Crippen LogP contribution < -0.4 is 0 Å². The minimum atomic E-state index is -1.59. The van der Waals surface area contributed by atoms with Gasteiger partial charge in [0, 0.05) is 12.8 Å². The molecule has 6 atom stereocenters. The van der Waals surface area contributed by atoms with Crippen LogP contribution in [0.3, 0.4) is 0 Å². The third kappa shape index (κ3) is 31.9. The Morgan fingerprint density at radius 3 is 1.34 bits per heavy atom. The molecule has 0 aromatic heterocycles. The van der Waals surface area contributed by atoms with E-state index in [1.54, 1.807) is 0 Å². The van der Waals surface area contributed by atoms with Crippen molar-refractivity contribution < 1.29 is 49.0 Å². The fourth-order valence-corrected chi connectivity index (χ4v) is 7.71. The first-order valence-corrected chi connectivity index (χ1v) is 24.8. The van der Waals surface area contributed by atoms with Crippen LogP contribution in [0.4, 0.5) is 0 Å². The first kappa shape index (κ1) is 55.5. The molecule has 10 nitrogen and oxygen atoms in total. The molecule has 2 unspecified atom stereocenters. The number of hydrogen-bond donors (Lipinski definition) is 4. The van der Waals surface area contributed by atoms with E-state index in [1.165, 1.54) is 148 Å². The van der Waals surface area contributed by atoms with Gasteiger partial charge < -0.3 is 39.4 Å². The third-order valence-corrected chi connectivity index (χ3v) is 11.7. The molecule has 1 rings (SSSR count). The number of ether oxygens (including phenoxy) is 4. The number of allylic oxidation sites excluding steroid dienone is 2. The minimum absolute atomic E-state index is 0.214. The van der Waals surface area contributed by atoms with Crippen LogP contribution in [-0.4, -0.2) is 89.0 Å². The fraction of sp³-hybridized carbons (Fsp3) is 0.918. The highest BCUT2D eigenvalue weighted by molar-refractivity contribution is 5.70. The van der Waals surface area contributed by atoms with E-state index in [0.29, 0.717) is 6.42 Å². The van der Waals surface area contributed by atoms with Crippen molar-refractivity contribution in [3.8, 4) is 0 Å². The van der Waals surface area contributed by atoms with E-state index >= 15 is 0 Å². The summed E-state index contributed by atoms with van der Waals surface area (Å²) < 4.78 is 22.2. The van der Waals surface area contributed by atoms with Crippen molar-refractivity contribution in [2.24, 2.45) is 0 Å². The molecular formula is C49H92O10. The van der Waals surface area contributed by atoms with Crippen LogP contribution >= 0.6 is 0 Å². The van der Waals surface area contributed by atoms with Gasteiger partial charge in [0.15, 0.2) is 12.4 Å². The zero-order chi connectivity index (χ0) is 43.0. The predicted octanol–water partition coefficient (Wildman–Crippen LogP) is 11.1. The average molecular weight is 841 g/mol. The maximum atomic E-state index is 12.8. The summed E-state index contributed by atoms with van der Waals surface area (Å²) in [5.74, 6) is -0.798. The van der Waals surface area contributed by atoms with E-state index in [0.717, 1.165) is 51.4 Å². The normalized spacial score (nSPS) is 20.0. The lowest BCUT2D eigenvalue weighted by Gasteiger charge is -2.39. The van der Waals surface area contributed by atoms with E-state index in [2.05, 4.69) is 26.0 Å². The smallest absolute Gasteiger partial charge is 0.306 e. The Morgan fingerprint density at radius 2 is 0.898 bits per heavy atom. The highest BCUT2D eigenvalue weighted by Crippen LogP contribution is 2.23. The van der Waals surface area contributed by atoms with E-state index in [4.69, 9.17) is 18.9 Å². The van der Waals surface area contributed by atoms with Crippen molar-refractivity contribution in [3.05, 3.63) is 12.2 Å². The molecular weight excluding hydrogens is 749 g/mol. The van der Waals surface area contributed by atoms with E-state index < -0.39 is 49.4 Å². The van der Waals surface area contributed by atoms with Gasteiger partial charge in [-0.1, -0.05) is 193 Å². The zero-order valence-electron chi connectivity index (χ0n) is 38.0. The summed E-state index contributed by atoms with van der Waals surface area (Å²) in [6, 6.07) is 0. The van der Waals surface area contributed by atoms with Gasteiger partial charge in [0.25, 0.3) is 0 Å². The summed E-state index contributed by atoms with van der Waals surface area (Å²) in [7, 11) is 0. The monoisotopic (exact) mass is 841 g/mol. The predicted molar refractivity (Wildman–Crippen MR) is 238 cm³/mol. The van der Waals surface area contributed by atoms with E-state index in [9.17, 15) is 30.0 Å². The standard InChI is InChI=1S/C49H92O10/c1-3-5-7-9-11-13-15-17-19-20-21-22-24-26-28-30-32-34-36-38-45(52)58-42(41-57-49-48(55)47(54)46(53)43(39-50)59-49)40-56-44(51)37-35-33-31-29-27-25-23-18-16-14-12-10-8-6-4-2/h14,16,42-43,46-50,53-55H,3-13,15,17-41H2,1-2H3/b16-14+/t42-,43-,46+,47?,48?,49-/m1/s1. The molecule has 10 heteroatoms. The Labute approximate surface area is 361 Å². The summed E-state index contributed by atoms with van der Waals surface area (Å²) in [5, 5.41) is 40.1. The van der Waals surface area contributed by atoms with Crippen molar-refractivity contribution in [2.75, 3.05) is 19.8 Å². The van der Waals surface area contributed by atoms with Crippen molar-refractivity contribution in [2.45, 2.75) is 269 Å². The maximum Gasteiger partial charge on any atom is 0.306 e. The first-order chi connectivity index (χ1) is 28.8. The highest BCUT2D eigenvalue weighted by Gasteiger charge is 2.44. The molecule has 1 aliphatic rings. The van der Waals surface area contributed by atoms with Gasteiger partial charge in [0.05, 0.1) is 13.2 Å². The van der Waals surface area contributed by atoms with Crippen molar-refractivity contribution in [1.82, 2.24) is 0 Å². The Balaban J connectivity index is 2.27. The lowest BCUT2D eigenvalue weighted by molar-refractivity contribution is -0.305. The quantitative estimate of drug-likeness (QED) is 0.0265. The molecule has 1 heterocycles. The van der Waals surface area contributed by atoms with Gasteiger partial charge in [0.1, 0.15) is 31.0 Å². The van der Waals surface area contributed by atoms with Gasteiger partial charge >= 0.3 is 11.9 Å². The Bertz CT molecular complexity index is 974. The number of esters is 2. The SMILES string of the molecule is CCCCCC/C=C/CCCCCCCCCC(=O)OC[C@H](CO[C@@H]1O[C@H](CO)[C@H](O)C(O)C1O)OC(=O)CCCCCCCCCCCCCCCCCCCCC. The molecule has 1 fully saturated rings. The van der Waals surface area contributed by atoms with Crippen molar-refractivity contribution in [3.63, 3.8) is 0 Å². The minimum Gasteiger partial charge on any atom is -0.462 e. The Kier molecular flexibility index (Phi) is 38.1. The van der Waals surface area contributed by atoms with Crippen LogP contribution in [0, 0.1) is 0 Å². The first-order valence-electron chi connectivity index (χ1n) is 24.8. The van der Waals surface area contributed by atoms with Crippen LogP contribution in [0.2, 0.25) is 0 Å². The van der Waals surface area contributed by atoms with Crippen LogP contribution in [0.25, 0.3) is 0 Å². The van der Waals surface area contributed by atoms with Crippen LogP contribution in [0.1, 0.15) is 232 Å². The summed E-state index contributed by atoms with van der Waals surface area (Å²) in [5.41, 5.74) is 0. The molecule has 0 spiro atoms. The maximum absolute atomic E-state index is 12.8. The average Bonchev–Trinajstić information content (AvgIpc) is 3.23. The lowest BCUT2D eigenvalue weighted by Crippen LogP contribution is -2.59. The lowest BCUT2D eigenvalue weighted by atomic mass is 9.99. The fourth-order valence-electron chi connectivity index (χ4n) is 7.71. The molecule has 0 radical (unpaired) electrons. The molecule has 0 aliphatic carbocycles. The van der Waals surface area contributed by atoms with E-state index in [-0.39, 0.29) is 32.0 Å². The molecule has 1 aliphatic heterocycles. The molecule has 59 heavy (non-hydrogen) atoms. The van der Waals surface area contributed by atoms with E-state index in [1.807, 2.05) is 0 Å². The Morgan fingerprint density at radius 1 is 0.508 bits per heavy atom. The number of unbranched alkanes of at least 4 members (excludes halogenated alkanes) is 29. The topological polar surface area (TPSA) is 152 Å². The third-order valence-electron chi connectivity index (χ3n) is 11.7. The molecule has 348 valence electrons. The molecule has 0 bridgehead atoms. The number of hydrogen-bond acceptors (Lipinski definition) is 10. The molecule has 0 saturated carbocycles. The highest BCUT2D eigenvalue weighted by atomic mass is 16.7. The van der Waals surface area contributed by atoms with Gasteiger partial charge in [-0.15, -0.1) is 0 Å². The second-order valence-electron chi connectivity index (χ2n) is 17.3. The summed E-state index contributed by atoms with van der Waals surface area (Å²) in [4.78, 5) is 25.4. The van der Waals surface area contributed by atoms with Crippen molar-refractivity contribution >= 4 is 11.9 Å². The summed E-state index contributed by atoms with van der Waals surface area (Å²) in [6.45, 7) is 3.44. The molecule has 0 aromatic rings. The number of aliphatic hydroxyl groups is 4. The molecule has 1 saturated heterocycles. The van der Waals surface area contributed by atoms with Crippen LogP contribution in [0.15, 0.2) is 12.2 Å². The van der Waals surface area contributed by atoms with Crippen LogP contribution in [-0.2, 0) is 28.5 Å². The number of carbonyl (C=O) groups is 2. The summed E-state index contributed by atoms with van der Waals surface area (Å²) in [6.07, 6.45) is 36.4. The van der Waals surface area contributed by atoms with Gasteiger partial charge in [-0.2, -0.15) is 0 Å². The summed E-state index contributed by atoms with van der Waals surface area (Å²) >= 11 is 0. The molecule has 0 aromatic carbocycles. The largest absolute Gasteiger partial charge is 0.462 e. The van der Waals surface area contributed by atoms with Crippen LogP contribution in [0.5, 0.6) is 0 Å². The number of carbonyl (C=O) groups excluding carboxylic acids is 2. The number of rotatable bonds is 42. The second kappa shape index (κ2) is 40.5. The number of aliphatic hydroxyl groups excluding tert-OH is 4. The van der Waals surface area contributed by atoms with Gasteiger partial charge in [0.2, 0.25) is 0 Å². The molecule has 0 amide bonds.